The molecule has 6 heteroatoms. The first-order chi connectivity index (χ1) is 8.54. The average molecular weight is 288 g/mol. The molecule has 0 radical (unpaired) electrons. The Bertz CT molecular complexity index is 315. The Balaban J connectivity index is 2.02. The SMILES string of the molecule is CC(CCC1CC2CCC1C2)(C(F)(F)F)C(F)(F)F. The summed E-state index contributed by atoms with van der Waals surface area (Å²) >= 11 is 0. The van der Waals surface area contributed by atoms with Gasteiger partial charge in [0.25, 0.3) is 0 Å². The summed E-state index contributed by atoms with van der Waals surface area (Å²) in [6.45, 7) is 0.292. The number of rotatable bonds is 3. The second-order valence-electron chi connectivity index (χ2n) is 6.30. The fraction of sp³-hybridized carbons (Fsp3) is 1.00. The molecule has 3 unspecified atom stereocenters. The van der Waals surface area contributed by atoms with Crippen molar-refractivity contribution in [1.29, 1.82) is 0 Å². The van der Waals surface area contributed by atoms with Crippen molar-refractivity contribution in [3.05, 3.63) is 0 Å². The molecule has 0 aliphatic heterocycles. The zero-order chi connectivity index (χ0) is 14.5. The maximum Gasteiger partial charge on any atom is 0.402 e. The van der Waals surface area contributed by atoms with Crippen LogP contribution in [0.1, 0.15) is 45.4 Å². The van der Waals surface area contributed by atoms with Crippen LogP contribution in [0.3, 0.4) is 0 Å². The molecule has 2 aliphatic rings. The highest BCUT2D eigenvalue weighted by molar-refractivity contribution is 4.94. The van der Waals surface area contributed by atoms with E-state index in [1.54, 1.807) is 0 Å². The van der Waals surface area contributed by atoms with Gasteiger partial charge in [-0.2, -0.15) is 26.3 Å². The molecule has 2 bridgehead atoms. The quantitative estimate of drug-likeness (QED) is 0.615. The van der Waals surface area contributed by atoms with E-state index in [4.69, 9.17) is 0 Å². The molecular formula is C13H18F6. The molecule has 2 saturated carbocycles. The van der Waals surface area contributed by atoms with Crippen molar-refractivity contribution in [2.75, 3.05) is 0 Å². The van der Waals surface area contributed by atoms with Crippen LogP contribution in [0.5, 0.6) is 0 Å². The minimum atomic E-state index is -5.23. The van der Waals surface area contributed by atoms with Crippen LogP contribution in [-0.2, 0) is 0 Å². The van der Waals surface area contributed by atoms with Crippen LogP contribution in [0.15, 0.2) is 0 Å². The Morgan fingerprint density at radius 3 is 1.84 bits per heavy atom. The minimum Gasteiger partial charge on any atom is -0.170 e. The molecule has 112 valence electrons. The van der Waals surface area contributed by atoms with Gasteiger partial charge in [0.2, 0.25) is 0 Å². The lowest BCUT2D eigenvalue weighted by Gasteiger charge is -2.35. The smallest absolute Gasteiger partial charge is 0.170 e. The van der Waals surface area contributed by atoms with Gasteiger partial charge in [-0.3, -0.25) is 0 Å². The summed E-state index contributed by atoms with van der Waals surface area (Å²) < 4.78 is 76.5. The summed E-state index contributed by atoms with van der Waals surface area (Å²) in [6.07, 6.45) is -7.38. The van der Waals surface area contributed by atoms with Crippen molar-refractivity contribution in [2.45, 2.75) is 57.8 Å². The van der Waals surface area contributed by atoms with Crippen LogP contribution in [0.25, 0.3) is 0 Å². The molecule has 0 nitrogen and oxygen atoms in total. The van der Waals surface area contributed by atoms with Gasteiger partial charge in [-0.05, 0) is 56.8 Å². The second kappa shape index (κ2) is 4.55. The zero-order valence-corrected chi connectivity index (χ0v) is 10.7. The minimum absolute atomic E-state index is 0.0384. The van der Waals surface area contributed by atoms with Crippen molar-refractivity contribution in [2.24, 2.45) is 23.2 Å². The number of fused-ring (bicyclic) bond motifs is 2. The van der Waals surface area contributed by atoms with Gasteiger partial charge >= 0.3 is 12.4 Å². The maximum atomic E-state index is 12.7. The highest BCUT2D eigenvalue weighted by atomic mass is 19.4. The Labute approximate surface area is 108 Å². The lowest BCUT2D eigenvalue weighted by molar-refractivity contribution is -0.337. The van der Waals surface area contributed by atoms with Crippen molar-refractivity contribution >= 4 is 0 Å². The van der Waals surface area contributed by atoms with E-state index in [9.17, 15) is 26.3 Å². The fourth-order valence-electron chi connectivity index (χ4n) is 3.65. The lowest BCUT2D eigenvalue weighted by Crippen LogP contribution is -2.47. The number of hydrogen-bond acceptors (Lipinski definition) is 0. The molecule has 2 aliphatic carbocycles. The van der Waals surface area contributed by atoms with Gasteiger partial charge in [-0.15, -0.1) is 0 Å². The number of halogens is 6. The van der Waals surface area contributed by atoms with Crippen LogP contribution in [0, 0.1) is 23.2 Å². The first-order valence-corrected chi connectivity index (χ1v) is 6.68. The van der Waals surface area contributed by atoms with E-state index >= 15 is 0 Å². The highest BCUT2D eigenvalue weighted by Gasteiger charge is 2.67. The molecule has 0 heterocycles. The Hall–Kier alpha value is -0.420. The molecule has 2 rings (SSSR count). The van der Waals surface area contributed by atoms with E-state index in [-0.39, 0.29) is 12.3 Å². The van der Waals surface area contributed by atoms with Gasteiger partial charge in [0.1, 0.15) is 0 Å². The first kappa shape index (κ1) is 15.0. The normalized spacial score (nSPS) is 32.1. The van der Waals surface area contributed by atoms with E-state index in [1.165, 1.54) is 0 Å². The summed E-state index contributed by atoms with van der Waals surface area (Å²) in [5.41, 5.74) is -3.57. The summed E-state index contributed by atoms with van der Waals surface area (Å²) in [7, 11) is 0. The molecule has 0 N–H and O–H groups in total. The molecule has 2 fully saturated rings. The topological polar surface area (TPSA) is 0 Å². The molecule has 0 saturated heterocycles. The van der Waals surface area contributed by atoms with Crippen molar-refractivity contribution in [3.8, 4) is 0 Å². The van der Waals surface area contributed by atoms with E-state index in [2.05, 4.69) is 0 Å². The van der Waals surface area contributed by atoms with Gasteiger partial charge in [-0.1, -0.05) is 6.42 Å². The molecule has 19 heavy (non-hydrogen) atoms. The van der Waals surface area contributed by atoms with Crippen LogP contribution >= 0.6 is 0 Å². The first-order valence-electron chi connectivity index (χ1n) is 6.68. The molecule has 0 aromatic rings. The van der Waals surface area contributed by atoms with Crippen LogP contribution in [-0.4, -0.2) is 12.4 Å². The van der Waals surface area contributed by atoms with Gasteiger partial charge in [0.05, 0.1) is 0 Å². The summed E-state index contributed by atoms with van der Waals surface area (Å²) in [5.74, 6) is 0.955. The Morgan fingerprint density at radius 2 is 1.47 bits per heavy atom. The van der Waals surface area contributed by atoms with Crippen molar-refractivity contribution in [1.82, 2.24) is 0 Å². The largest absolute Gasteiger partial charge is 0.402 e. The predicted molar refractivity (Wildman–Crippen MR) is 58.4 cm³/mol. The zero-order valence-electron chi connectivity index (χ0n) is 10.7. The van der Waals surface area contributed by atoms with Gasteiger partial charge < -0.3 is 0 Å². The summed E-state index contributed by atoms with van der Waals surface area (Å²) in [5, 5.41) is 0. The summed E-state index contributed by atoms with van der Waals surface area (Å²) in [6, 6.07) is 0. The van der Waals surface area contributed by atoms with Gasteiger partial charge in [-0.25, -0.2) is 0 Å². The number of hydrogen-bond donors (Lipinski definition) is 0. The van der Waals surface area contributed by atoms with Gasteiger partial charge in [0.15, 0.2) is 5.41 Å². The monoisotopic (exact) mass is 288 g/mol. The van der Waals surface area contributed by atoms with E-state index in [0.717, 1.165) is 25.7 Å². The van der Waals surface area contributed by atoms with Crippen LogP contribution < -0.4 is 0 Å². The molecular weight excluding hydrogens is 270 g/mol. The third-order valence-corrected chi connectivity index (χ3v) is 5.15. The Kier molecular flexibility index (Phi) is 3.59. The summed E-state index contributed by atoms with van der Waals surface area (Å²) in [4.78, 5) is 0. The van der Waals surface area contributed by atoms with Crippen molar-refractivity contribution in [3.63, 3.8) is 0 Å². The van der Waals surface area contributed by atoms with Crippen LogP contribution in [0.2, 0.25) is 0 Å². The van der Waals surface area contributed by atoms with Crippen molar-refractivity contribution < 1.29 is 26.3 Å². The Morgan fingerprint density at radius 1 is 0.895 bits per heavy atom. The lowest BCUT2D eigenvalue weighted by atomic mass is 9.77. The molecule has 0 aromatic heterocycles. The molecule has 3 atom stereocenters. The predicted octanol–water partition coefficient (Wildman–Crippen LogP) is 5.33. The third-order valence-electron chi connectivity index (χ3n) is 5.15. The van der Waals surface area contributed by atoms with E-state index in [1.807, 2.05) is 0 Å². The van der Waals surface area contributed by atoms with E-state index < -0.39 is 24.2 Å². The van der Waals surface area contributed by atoms with E-state index in [0.29, 0.717) is 18.8 Å². The number of alkyl halides is 6. The molecule has 0 spiro atoms. The third kappa shape index (κ3) is 2.59. The standard InChI is InChI=1S/C13H18F6/c1-11(12(14,15)16,13(17,18)19)5-4-10-7-8-2-3-9(10)6-8/h8-10H,2-7H2,1H3. The maximum absolute atomic E-state index is 12.7. The second-order valence-corrected chi connectivity index (χ2v) is 6.30. The molecule has 0 aromatic carbocycles. The fourth-order valence-corrected chi connectivity index (χ4v) is 3.65. The highest BCUT2D eigenvalue weighted by Crippen LogP contribution is 2.56. The molecule has 0 amide bonds. The average Bonchev–Trinajstić information content (AvgIpc) is 2.83. The van der Waals surface area contributed by atoms with Gasteiger partial charge in [0, 0.05) is 0 Å². The van der Waals surface area contributed by atoms with Crippen LogP contribution in [0.4, 0.5) is 26.3 Å².